The maximum atomic E-state index is 12.6. The number of hydrogen-bond donors (Lipinski definition) is 1. The second-order valence-electron chi connectivity index (χ2n) is 4.58. The highest BCUT2D eigenvalue weighted by molar-refractivity contribution is 7.11. The first kappa shape index (κ1) is 15.7. The molecule has 1 unspecified atom stereocenters. The van der Waals surface area contributed by atoms with Crippen LogP contribution in [0.4, 0.5) is 13.2 Å². The number of rotatable bonds is 4. The molecule has 1 saturated heterocycles. The largest absolute Gasteiger partial charge is 0.443 e. The van der Waals surface area contributed by atoms with Gasteiger partial charge in [0.15, 0.2) is 5.01 Å². The van der Waals surface area contributed by atoms with Gasteiger partial charge in [-0.05, 0) is 6.92 Å². The van der Waals surface area contributed by atoms with Crippen molar-refractivity contribution in [3.63, 3.8) is 0 Å². The molecule has 0 aliphatic carbocycles. The summed E-state index contributed by atoms with van der Waals surface area (Å²) < 4.78 is 48.6. The summed E-state index contributed by atoms with van der Waals surface area (Å²) in [6.45, 7) is 3.00. The Morgan fingerprint density at radius 2 is 2.15 bits per heavy atom. The van der Waals surface area contributed by atoms with Crippen LogP contribution in [0.5, 0.6) is 0 Å². The number of halogens is 3. The smallest absolute Gasteiger partial charge is 0.384 e. The molecule has 20 heavy (non-hydrogen) atoms. The Hall–Kier alpha value is -0.700. The van der Waals surface area contributed by atoms with Crippen molar-refractivity contribution >= 4 is 11.3 Å². The summed E-state index contributed by atoms with van der Waals surface area (Å²) >= 11 is 0.459. The zero-order valence-electron chi connectivity index (χ0n) is 10.9. The number of aliphatic hydroxyl groups excluding tert-OH is 1. The SMILES string of the molecule is CCOC1(C(O)c2cnc(C(F)(F)F)s2)CCOCC1. The van der Waals surface area contributed by atoms with E-state index in [4.69, 9.17) is 9.47 Å². The normalized spacial score (nSPS) is 20.9. The number of alkyl halides is 3. The zero-order chi connectivity index (χ0) is 14.8. The van der Waals surface area contributed by atoms with Crippen molar-refractivity contribution in [2.24, 2.45) is 0 Å². The van der Waals surface area contributed by atoms with Crippen molar-refractivity contribution in [1.29, 1.82) is 0 Å². The van der Waals surface area contributed by atoms with E-state index >= 15 is 0 Å². The molecular formula is C12H16F3NO3S. The summed E-state index contributed by atoms with van der Waals surface area (Å²) in [6.07, 6.45) is -3.64. The van der Waals surface area contributed by atoms with Crippen molar-refractivity contribution in [3.05, 3.63) is 16.1 Å². The Kier molecular flexibility index (Phi) is 4.68. The number of hydrogen-bond acceptors (Lipinski definition) is 5. The highest BCUT2D eigenvalue weighted by Gasteiger charge is 2.43. The van der Waals surface area contributed by atoms with Crippen molar-refractivity contribution in [1.82, 2.24) is 4.98 Å². The third-order valence-electron chi connectivity index (χ3n) is 3.30. The van der Waals surface area contributed by atoms with Gasteiger partial charge in [-0.3, -0.25) is 0 Å². The van der Waals surface area contributed by atoms with Gasteiger partial charge in [-0.25, -0.2) is 4.98 Å². The molecule has 0 spiro atoms. The van der Waals surface area contributed by atoms with Crippen molar-refractivity contribution in [3.8, 4) is 0 Å². The van der Waals surface area contributed by atoms with E-state index in [1.54, 1.807) is 6.92 Å². The molecule has 1 aromatic heterocycles. The standard InChI is InChI=1S/C12H16F3NO3S/c1-2-19-11(3-5-18-6-4-11)9(17)8-7-16-10(20-8)12(13,14)15/h7,9,17H,2-6H2,1H3. The first-order chi connectivity index (χ1) is 9.39. The molecule has 0 radical (unpaired) electrons. The van der Waals surface area contributed by atoms with E-state index < -0.39 is 22.9 Å². The van der Waals surface area contributed by atoms with E-state index in [0.717, 1.165) is 6.20 Å². The van der Waals surface area contributed by atoms with Gasteiger partial charge in [-0.2, -0.15) is 13.2 Å². The van der Waals surface area contributed by atoms with Gasteiger partial charge in [0.1, 0.15) is 11.7 Å². The van der Waals surface area contributed by atoms with Crippen molar-refractivity contribution < 1.29 is 27.8 Å². The monoisotopic (exact) mass is 311 g/mol. The molecule has 1 fully saturated rings. The summed E-state index contributed by atoms with van der Waals surface area (Å²) in [7, 11) is 0. The lowest BCUT2D eigenvalue weighted by Gasteiger charge is -2.40. The van der Waals surface area contributed by atoms with E-state index in [9.17, 15) is 18.3 Å². The van der Waals surface area contributed by atoms with Crippen LogP contribution >= 0.6 is 11.3 Å². The Morgan fingerprint density at radius 3 is 2.65 bits per heavy atom. The van der Waals surface area contributed by atoms with Crippen LogP contribution in [-0.4, -0.2) is 35.5 Å². The summed E-state index contributed by atoms with van der Waals surface area (Å²) in [4.78, 5) is 3.52. The number of nitrogens with zero attached hydrogens (tertiary/aromatic N) is 1. The summed E-state index contributed by atoms with van der Waals surface area (Å²) in [6, 6.07) is 0. The molecule has 114 valence electrons. The summed E-state index contributed by atoms with van der Waals surface area (Å²) in [5.41, 5.74) is -0.887. The molecule has 1 aliphatic rings. The fraction of sp³-hybridized carbons (Fsp3) is 0.750. The molecule has 1 aromatic rings. The van der Waals surface area contributed by atoms with Gasteiger partial charge in [0, 0.05) is 38.9 Å². The first-order valence-electron chi connectivity index (χ1n) is 6.32. The lowest BCUT2D eigenvalue weighted by molar-refractivity contribution is -0.167. The summed E-state index contributed by atoms with van der Waals surface area (Å²) in [5.74, 6) is 0. The van der Waals surface area contributed by atoms with E-state index in [0.29, 0.717) is 44.0 Å². The Labute approximate surface area is 118 Å². The number of aliphatic hydroxyl groups is 1. The highest BCUT2D eigenvalue weighted by Crippen LogP contribution is 2.42. The molecule has 1 atom stereocenters. The van der Waals surface area contributed by atoms with Crippen LogP contribution in [0, 0.1) is 0 Å². The molecule has 0 aromatic carbocycles. The number of ether oxygens (including phenoxy) is 2. The van der Waals surface area contributed by atoms with Crippen LogP contribution in [0.2, 0.25) is 0 Å². The van der Waals surface area contributed by atoms with Gasteiger partial charge in [-0.1, -0.05) is 0 Å². The average Bonchev–Trinajstić information content (AvgIpc) is 2.88. The average molecular weight is 311 g/mol. The molecule has 1 N–H and O–H groups in total. The van der Waals surface area contributed by atoms with Gasteiger partial charge >= 0.3 is 6.18 Å². The van der Waals surface area contributed by atoms with Crippen LogP contribution < -0.4 is 0 Å². The molecule has 4 nitrogen and oxygen atoms in total. The van der Waals surface area contributed by atoms with Gasteiger partial charge in [0.05, 0.1) is 4.88 Å². The van der Waals surface area contributed by atoms with E-state index in [-0.39, 0.29) is 4.88 Å². The van der Waals surface area contributed by atoms with E-state index in [1.165, 1.54) is 0 Å². The zero-order valence-corrected chi connectivity index (χ0v) is 11.8. The van der Waals surface area contributed by atoms with Gasteiger partial charge in [0.2, 0.25) is 0 Å². The highest BCUT2D eigenvalue weighted by atomic mass is 32.1. The second kappa shape index (κ2) is 5.97. The molecule has 2 heterocycles. The Balaban J connectivity index is 2.23. The van der Waals surface area contributed by atoms with Gasteiger partial charge in [-0.15, -0.1) is 11.3 Å². The maximum absolute atomic E-state index is 12.6. The van der Waals surface area contributed by atoms with Crippen LogP contribution in [-0.2, 0) is 15.7 Å². The fourth-order valence-corrected chi connectivity index (χ4v) is 3.18. The third kappa shape index (κ3) is 3.13. The minimum absolute atomic E-state index is 0.174. The Morgan fingerprint density at radius 1 is 1.50 bits per heavy atom. The lowest BCUT2D eigenvalue weighted by Crippen LogP contribution is -2.44. The number of thiazole rings is 1. The molecule has 1 aliphatic heterocycles. The fourth-order valence-electron chi connectivity index (χ4n) is 2.30. The molecule has 0 amide bonds. The number of aromatic nitrogens is 1. The quantitative estimate of drug-likeness (QED) is 0.929. The topological polar surface area (TPSA) is 51.6 Å². The molecular weight excluding hydrogens is 295 g/mol. The molecule has 0 saturated carbocycles. The minimum Gasteiger partial charge on any atom is -0.384 e. The minimum atomic E-state index is -4.49. The van der Waals surface area contributed by atoms with Crippen LogP contribution in [0.3, 0.4) is 0 Å². The summed E-state index contributed by atoms with van der Waals surface area (Å²) in [5, 5.41) is 9.48. The van der Waals surface area contributed by atoms with E-state index in [2.05, 4.69) is 4.98 Å². The Bertz CT molecular complexity index is 438. The van der Waals surface area contributed by atoms with Gasteiger partial charge < -0.3 is 14.6 Å². The molecule has 0 bridgehead atoms. The van der Waals surface area contributed by atoms with Crippen LogP contribution in [0.15, 0.2) is 6.20 Å². The second-order valence-corrected chi connectivity index (χ2v) is 5.64. The van der Waals surface area contributed by atoms with Gasteiger partial charge in [0.25, 0.3) is 0 Å². The third-order valence-corrected chi connectivity index (χ3v) is 4.40. The lowest BCUT2D eigenvalue weighted by atomic mass is 9.87. The predicted molar refractivity (Wildman–Crippen MR) is 66.5 cm³/mol. The maximum Gasteiger partial charge on any atom is 0.443 e. The van der Waals surface area contributed by atoms with Crippen LogP contribution in [0.1, 0.15) is 35.8 Å². The predicted octanol–water partition coefficient (Wildman–Crippen LogP) is 2.78. The molecule has 2 rings (SSSR count). The van der Waals surface area contributed by atoms with Crippen molar-refractivity contribution in [2.75, 3.05) is 19.8 Å². The molecule has 8 heteroatoms. The first-order valence-corrected chi connectivity index (χ1v) is 7.13. The van der Waals surface area contributed by atoms with E-state index in [1.807, 2.05) is 0 Å². The van der Waals surface area contributed by atoms with Crippen LogP contribution in [0.25, 0.3) is 0 Å². The van der Waals surface area contributed by atoms with Crippen molar-refractivity contribution in [2.45, 2.75) is 37.6 Å².